The fourth-order valence-electron chi connectivity index (χ4n) is 2.38. The monoisotopic (exact) mass is 306 g/mol. The molecule has 0 atom stereocenters. The molecule has 20 heavy (non-hydrogen) atoms. The molecule has 7 nitrogen and oxygen atoms in total. The first-order chi connectivity index (χ1) is 9.58. The van der Waals surface area contributed by atoms with Crippen LogP contribution in [-0.4, -0.2) is 56.8 Å². The molecule has 116 valence electrons. The standard InChI is InChI=1S/C12H22N2O5S/c15-12(13-19-11-3-1-2-4-11)5-10-20(16,17)14-6-8-18-9-7-14/h11H,1-10H2,(H,13,15). The Bertz CT molecular complexity index is 414. The first kappa shape index (κ1) is 15.7. The van der Waals surface area contributed by atoms with Crippen LogP contribution in [0.4, 0.5) is 0 Å². The Labute approximate surface area is 119 Å². The van der Waals surface area contributed by atoms with Gasteiger partial charge in [0.25, 0.3) is 0 Å². The number of sulfonamides is 1. The van der Waals surface area contributed by atoms with Crippen LogP contribution in [0.25, 0.3) is 0 Å². The molecule has 0 aromatic carbocycles. The van der Waals surface area contributed by atoms with Crippen molar-refractivity contribution in [2.45, 2.75) is 38.2 Å². The average molecular weight is 306 g/mol. The SMILES string of the molecule is O=C(CCS(=O)(=O)N1CCOCC1)NOC1CCCC1. The highest BCUT2D eigenvalue weighted by molar-refractivity contribution is 7.89. The van der Waals surface area contributed by atoms with Crippen LogP contribution in [0.5, 0.6) is 0 Å². The Kier molecular flexibility index (Phi) is 5.76. The van der Waals surface area contributed by atoms with Gasteiger partial charge in [-0.2, -0.15) is 4.31 Å². The molecular formula is C12H22N2O5S. The fourth-order valence-corrected chi connectivity index (χ4v) is 3.79. The maximum absolute atomic E-state index is 12.0. The molecule has 1 N–H and O–H groups in total. The number of nitrogens with zero attached hydrogens (tertiary/aromatic N) is 1. The molecule has 1 saturated heterocycles. The minimum Gasteiger partial charge on any atom is -0.379 e. The first-order valence-electron chi connectivity index (χ1n) is 7.08. The van der Waals surface area contributed by atoms with Gasteiger partial charge in [0.15, 0.2) is 0 Å². The lowest BCUT2D eigenvalue weighted by atomic mass is 10.3. The predicted molar refractivity (Wildman–Crippen MR) is 72.3 cm³/mol. The van der Waals surface area contributed by atoms with Crippen molar-refractivity contribution in [1.29, 1.82) is 0 Å². The van der Waals surface area contributed by atoms with Gasteiger partial charge in [0.2, 0.25) is 15.9 Å². The van der Waals surface area contributed by atoms with Gasteiger partial charge in [-0.15, -0.1) is 0 Å². The molecule has 8 heteroatoms. The van der Waals surface area contributed by atoms with E-state index in [4.69, 9.17) is 9.57 Å². The van der Waals surface area contributed by atoms with Gasteiger partial charge in [-0.3, -0.25) is 9.63 Å². The molecule has 0 unspecified atom stereocenters. The molecule has 1 amide bonds. The molecular weight excluding hydrogens is 284 g/mol. The summed E-state index contributed by atoms with van der Waals surface area (Å²) in [6.07, 6.45) is 4.14. The normalized spacial score (nSPS) is 22.0. The predicted octanol–water partition coefficient (Wildman–Crippen LogP) is 0.0289. The highest BCUT2D eigenvalue weighted by Crippen LogP contribution is 2.19. The van der Waals surface area contributed by atoms with Crippen LogP contribution in [0.2, 0.25) is 0 Å². The number of morpholine rings is 1. The fraction of sp³-hybridized carbons (Fsp3) is 0.917. The summed E-state index contributed by atoms with van der Waals surface area (Å²) in [6, 6.07) is 0. The Morgan fingerprint density at radius 2 is 1.90 bits per heavy atom. The second-order valence-corrected chi connectivity index (χ2v) is 7.22. The van der Waals surface area contributed by atoms with Gasteiger partial charge in [-0.25, -0.2) is 13.9 Å². The van der Waals surface area contributed by atoms with Crippen molar-refractivity contribution < 1.29 is 22.8 Å². The largest absolute Gasteiger partial charge is 0.379 e. The van der Waals surface area contributed by atoms with Crippen molar-refractivity contribution in [2.75, 3.05) is 32.1 Å². The van der Waals surface area contributed by atoms with Crippen molar-refractivity contribution in [2.24, 2.45) is 0 Å². The minimum atomic E-state index is -3.38. The maximum Gasteiger partial charge on any atom is 0.244 e. The number of ether oxygens (including phenoxy) is 1. The van der Waals surface area contributed by atoms with E-state index in [1.54, 1.807) is 0 Å². The number of hydrogen-bond acceptors (Lipinski definition) is 5. The summed E-state index contributed by atoms with van der Waals surface area (Å²) in [7, 11) is -3.38. The van der Waals surface area contributed by atoms with Crippen molar-refractivity contribution in [3.8, 4) is 0 Å². The number of carbonyl (C=O) groups excluding carboxylic acids is 1. The smallest absolute Gasteiger partial charge is 0.244 e. The molecule has 0 aromatic heterocycles. The summed E-state index contributed by atoms with van der Waals surface area (Å²) in [5.74, 6) is -0.568. The van der Waals surface area contributed by atoms with Gasteiger partial charge in [-0.1, -0.05) is 12.8 Å². The number of amides is 1. The van der Waals surface area contributed by atoms with Crippen LogP contribution in [0.1, 0.15) is 32.1 Å². The minimum absolute atomic E-state index is 0.0770. The Morgan fingerprint density at radius 3 is 2.55 bits per heavy atom. The van der Waals surface area contributed by atoms with Crippen LogP contribution in [0, 0.1) is 0 Å². The van der Waals surface area contributed by atoms with Crippen molar-refractivity contribution in [1.82, 2.24) is 9.79 Å². The van der Waals surface area contributed by atoms with E-state index in [1.807, 2.05) is 0 Å². The molecule has 1 saturated carbocycles. The molecule has 1 aliphatic carbocycles. The number of hydroxylamine groups is 1. The third-order valence-electron chi connectivity index (χ3n) is 3.59. The van der Waals surface area contributed by atoms with E-state index in [1.165, 1.54) is 4.31 Å². The van der Waals surface area contributed by atoms with Crippen LogP contribution >= 0.6 is 0 Å². The van der Waals surface area contributed by atoms with E-state index in [0.29, 0.717) is 26.3 Å². The highest BCUT2D eigenvalue weighted by atomic mass is 32.2. The Morgan fingerprint density at radius 1 is 1.25 bits per heavy atom. The second kappa shape index (κ2) is 7.35. The summed E-state index contributed by atoms with van der Waals surface area (Å²) in [5.41, 5.74) is 2.35. The summed E-state index contributed by atoms with van der Waals surface area (Å²) >= 11 is 0. The van der Waals surface area contributed by atoms with Crippen molar-refractivity contribution >= 4 is 15.9 Å². The van der Waals surface area contributed by atoms with Gasteiger partial charge < -0.3 is 4.74 Å². The average Bonchev–Trinajstić information content (AvgIpc) is 2.97. The van der Waals surface area contributed by atoms with Crippen LogP contribution in [0.3, 0.4) is 0 Å². The quantitative estimate of drug-likeness (QED) is 0.700. The number of nitrogens with one attached hydrogen (secondary N) is 1. The van der Waals surface area contributed by atoms with Gasteiger partial charge in [-0.05, 0) is 12.8 Å². The number of carbonyl (C=O) groups is 1. The molecule has 2 fully saturated rings. The zero-order valence-corrected chi connectivity index (χ0v) is 12.4. The lowest BCUT2D eigenvalue weighted by Gasteiger charge is -2.25. The van der Waals surface area contributed by atoms with E-state index >= 15 is 0 Å². The zero-order valence-electron chi connectivity index (χ0n) is 11.5. The summed E-state index contributed by atoms with van der Waals surface area (Å²) in [6.45, 7) is 1.55. The summed E-state index contributed by atoms with van der Waals surface area (Å²) < 4.78 is 30.5. The molecule has 0 bridgehead atoms. The first-order valence-corrected chi connectivity index (χ1v) is 8.69. The van der Waals surface area contributed by atoms with Gasteiger partial charge in [0.1, 0.15) is 0 Å². The van der Waals surface area contributed by atoms with Crippen LogP contribution in [-0.2, 0) is 24.4 Å². The van der Waals surface area contributed by atoms with E-state index in [2.05, 4.69) is 5.48 Å². The van der Waals surface area contributed by atoms with Crippen LogP contribution in [0.15, 0.2) is 0 Å². The Hall–Kier alpha value is -0.700. The van der Waals surface area contributed by atoms with Crippen LogP contribution < -0.4 is 5.48 Å². The van der Waals surface area contributed by atoms with E-state index in [9.17, 15) is 13.2 Å². The van der Waals surface area contributed by atoms with Gasteiger partial charge >= 0.3 is 0 Å². The van der Waals surface area contributed by atoms with E-state index < -0.39 is 10.0 Å². The van der Waals surface area contributed by atoms with E-state index in [0.717, 1.165) is 25.7 Å². The summed E-state index contributed by atoms with van der Waals surface area (Å²) in [5, 5.41) is 0. The molecule has 0 spiro atoms. The Balaban J connectivity index is 1.68. The number of hydrogen-bond donors (Lipinski definition) is 1. The van der Waals surface area contributed by atoms with Gasteiger partial charge in [0.05, 0.1) is 25.1 Å². The lowest BCUT2D eigenvalue weighted by molar-refractivity contribution is -0.137. The molecule has 1 aliphatic heterocycles. The molecule has 2 rings (SSSR count). The third kappa shape index (κ3) is 4.69. The highest BCUT2D eigenvalue weighted by Gasteiger charge is 2.25. The van der Waals surface area contributed by atoms with Crippen molar-refractivity contribution in [3.05, 3.63) is 0 Å². The van der Waals surface area contributed by atoms with E-state index in [-0.39, 0.29) is 24.2 Å². The molecule has 1 heterocycles. The molecule has 0 aromatic rings. The number of rotatable bonds is 6. The lowest BCUT2D eigenvalue weighted by Crippen LogP contribution is -2.42. The van der Waals surface area contributed by atoms with Gasteiger partial charge in [0, 0.05) is 19.5 Å². The third-order valence-corrected chi connectivity index (χ3v) is 5.46. The second-order valence-electron chi connectivity index (χ2n) is 5.13. The zero-order chi connectivity index (χ0) is 14.4. The van der Waals surface area contributed by atoms with Crippen molar-refractivity contribution in [3.63, 3.8) is 0 Å². The molecule has 2 aliphatic rings. The maximum atomic E-state index is 12.0. The summed E-state index contributed by atoms with van der Waals surface area (Å²) in [4.78, 5) is 16.8. The topological polar surface area (TPSA) is 84.9 Å². The molecule has 0 radical (unpaired) electrons.